The van der Waals surface area contributed by atoms with E-state index in [9.17, 15) is 9.18 Å². The highest BCUT2D eigenvalue weighted by Crippen LogP contribution is 2.33. The van der Waals surface area contributed by atoms with Crippen molar-refractivity contribution in [1.29, 1.82) is 0 Å². The van der Waals surface area contributed by atoms with Gasteiger partial charge in [0.25, 0.3) is 0 Å². The number of hydrogen-bond donors (Lipinski definition) is 1. The molecule has 0 saturated heterocycles. The fourth-order valence-corrected chi connectivity index (χ4v) is 2.99. The number of nitrogens with one attached hydrogen (secondary N) is 1. The Balaban J connectivity index is 1.85. The van der Waals surface area contributed by atoms with Gasteiger partial charge in [-0.1, -0.05) is 41.9 Å². The van der Waals surface area contributed by atoms with Crippen molar-refractivity contribution in [3.8, 4) is 0 Å². The highest BCUT2D eigenvalue weighted by Gasteiger charge is 2.26. The Bertz CT molecular complexity index is 686. The van der Waals surface area contributed by atoms with Crippen LogP contribution in [0.1, 0.15) is 23.5 Å². The maximum atomic E-state index is 13.9. The Hall–Kier alpha value is -1.87. The summed E-state index contributed by atoms with van der Waals surface area (Å²) in [5.74, 6) is -0.638. The summed E-state index contributed by atoms with van der Waals surface area (Å²) >= 11 is 5.77. The predicted octanol–water partition coefficient (Wildman–Crippen LogP) is 4.19. The standard InChI is InChI=1S/C17H15ClFNO/c18-14-6-3-4-11(17(14)19)10-16(21)13-8-9-20-15-7-2-1-5-12(13)15/h1-7,13,20H,8-10H2. The largest absolute Gasteiger partial charge is 0.385 e. The van der Waals surface area contributed by atoms with E-state index in [-0.39, 0.29) is 23.1 Å². The van der Waals surface area contributed by atoms with Crippen molar-refractivity contribution < 1.29 is 9.18 Å². The first-order chi connectivity index (χ1) is 10.2. The number of ketones is 1. The van der Waals surface area contributed by atoms with Gasteiger partial charge in [0.15, 0.2) is 0 Å². The van der Waals surface area contributed by atoms with E-state index >= 15 is 0 Å². The maximum absolute atomic E-state index is 13.9. The van der Waals surface area contributed by atoms with Gasteiger partial charge in [-0.2, -0.15) is 0 Å². The van der Waals surface area contributed by atoms with E-state index < -0.39 is 5.82 Å². The van der Waals surface area contributed by atoms with E-state index in [1.165, 1.54) is 6.07 Å². The normalized spacial score (nSPS) is 17.0. The molecule has 2 aromatic carbocycles. The number of Topliss-reactive ketones (excluding diaryl/α,β-unsaturated/α-hetero) is 1. The van der Waals surface area contributed by atoms with Crippen LogP contribution in [0.25, 0.3) is 0 Å². The highest BCUT2D eigenvalue weighted by molar-refractivity contribution is 6.30. The maximum Gasteiger partial charge on any atom is 0.145 e. The summed E-state index contributed by atoms with van der Waals surface area (Å²) in [6, 6.07) is 12.6. The topological polar surface area (TPSA) is 29.1 Å². The molecule has 3 rings (SSSR count). The number of hydrogen-bond acceptors (Lipinski definition) is 2. The summed E-state index contributed by atoms with van der Waals surface area (Å²) in [6.45, 7) is 0.755. The molecule has 108 valence electrons. The minimum atomic E-state index is -0.491. The van der Waals surface area contributed by atoms with Crippen LogP contribution in [0.15, 0.2) is 42.5 Å². The molecule has 2 aromatic rings. The van der Waals surface area contributed by atoms with Crippen molar-refractivity contribution >= 4 is 23.1 Å². The second-order valence-corrected chi connectivity index (χ2v) is 5.62. The second-order valence-electron chi connectivity index (χ2n) is 5.21. The minimum Gasteiger partial charge on any atom is -0.385 e. The molecule has 0 bridgehead atoms. The van der Waals surface area contributed by atoms with Gasteiger partial charge in [0.2, 0.25) is 0 Å². The number of benzene rings is 2. The van der Waals surface area contributed by atoms with Gasteiger partial charge < -0.3 is 5.32 Å². The number of carbonyl (C=O) groups is 1. The summed E-state index contributed by atoms with van der Waals surface area (Å²) in [5, 5.41) is 3.35. The van der Waals surface area contributed by atoms with Crippen molar-refractivity contribution in [2.24, 2.45) is 0 Å². The first kappa shape index (κ1) is 14.1. The summed E-state index contributed by atoms with van der Waals surface area (Å²) in [4.78, 5) is 12.6. The zero-order valence-electron chi connectivity index (χ0n) is 11.4. The second kappa shape index (κ2) is 5.86. The lowest BCUT2D eigenvalue weighted by Gasteiger charge is -2.25. The molecule has 4 heteroatoms. The van der Waals surface area contributed by atoms with Gasteiger partial charge in [0.05, 0.1) is 5.02 Å². The van der Waals surface area contributed by atoms with Gasteiger partial charge in [0, 0.05) is 24.6 Å². The van der Waals surface area contributed by atoms with Crippen LogP contribution in [0.2, 0.25) is 5.02 Å². The van der Waals surface area contributed by atoms with Gasteiger partial charge in [-0.3, -0.25) is 4.79 Å². The first-order valence-electron chi connectivity index (χ1n) is 6.95. The van der Waals surface area contributed by atoms with E-state index in [1.54, 1.807) is 12.1 Å². The minimum absolute atomic E-state index is 0.0325. The Morgan fingerprint density at radius 2 is 2.05 bits per heavy atom. The zero-order valence-corrected chi connectivity index (χ0v) is 12.2. The van der Waals surface area contributed by atoms with Crippen molar-refractivity contribution in [3.63, 3.8) is 0 Å². The number of anilines is 1. The van der Waals surface area contributed by atoms with Crippen LogP contribution >= 0.6 is 11.6 Å². The van der Waals surface area contributed by atoms with Crippen LogP contribution in [0, 0.1) is 5.82 Å². The summed E-state index contributed by atoms with van der Waals surface area (Å²) in [6.07, 6.45) is 0.809. The van der Waals surface area contributed by atoms with E-state index in [0.717, 1.165) is 24.2 Å². The zero-order chi connectivity index (χ0) is 14.8. The molecule has 0 spiro atoms. The predicted molar refractivity (Wildman–Crippen MR) is 82.4 cm³/mol. The monoisotopic (exact) mass is 303 g/mol. The summed E-state index contributed by atoms with van der Waals surface area (Å²) < 4.78 is 13.9. The molecule has 0 fully saturated rings. The molecule has 1 aliphatic rings. The smallest absolute Gasteiger partial charge is 0.145 e. The molecule has 1 unspecified atom stereocenters. The molecule has 0 aromatic heterocycles. The van der Waals surface area contributed by atoms with Crippen LogP contribution in [0.5, 0.6) is 0 Å². The van der Waals surface area contributed by atoms with Gasteiger partial charge >= 0.3 is 0 Å². The molecule has 0 amide bonds. The molecule has 0 saturated carbocycles. The van der Waals surface area contributed by atoms with Crippen molar-refractivity contribution in [2.45, 2.75) is 18.8 Å². The molecular weight excluding hydrogens is 289 g/mol. The number of halogens is 2. The van der Waals surface area contributed by atoms with E-state index in [2.05, 4.69) is 5.32 Å². The molecule has 2 nitrogen and oxygen atoms in total. The van der Waals surface area contributed by atoms with E-state index in [4.69, 9.17) is 11.6 Å². The van der Waals surface area contributed by atoms with Crippen molar-refractivity contribution in [3.05, 3.63) is 64.4 Å². The lowest BCUT2D eigenvalue weighted by atomic mass is 9.85. The molecular formula is C17H15ClFNO. The van der Waals surface area contributed by atoms with E-state index in [0.29, 0.717) is 5.56 Å². The first-order valence-corrected chi connectivity index (χ1v) is 7.33. The molecule has 1 heterocycles. The fraction of sp³-hybridized carbons (Fsp3) is 0.235. The van der Waals surface area contributed by atoms with Crippen molar-refractivity contribution in [1.82, 2.24) is 0 Å². The van der Waals surface area contributed by atoms with Crippen LogP contribution < -0.4 is 5.32 Å². The molecule has 1 N–H and O–H groups in total. The summed E-state index contributed by atoms with van der Waals surface area (Å²) in [5.41, 5.74) is 2.35. The van der Waals surface area contributed by atoms with Gasteiger partial charge in [0.1, 0.15) is 11.6 Å². The quantitative estimate of drug-likeness (QED) is 0.921. The molecule has 0 aliphatic carbocycles. The van der Waals surface area contributed by atoms with Crippen LogP contribution in [-0.2, 0) is 11.2 Å². The third kappa shape index (κ3) is 2.79. The van der Waals surface area contributed by atoms with Crippen LogP contribution in [-0.4, -0.2) is 12.3 Å². The average Bonchev–Trinajstić information content (AvgIpc) is 2.51. The van der Waals surface area contributed by atoms with Crippen LogP contribution in [0.4, 0.5) is 10.1 Å². The lowest BCUT2D eigenvalue weighted by Crippen LogP contribution is -2.24. The SMILES string of the molecule is O=C(Cc1cccc(Cl)c1F)C1CCNc2ccccc21. The average molecular weight is 304 g/mol. The Morgan fingerprint density at radius 3 is 2.90 bits per heavy atom. The van der Waals surface area contributed by atoms with Gasteiger partial charge in [-0.15, -0.1) is 0 Å². The number of para-hydroxylation sites is 1. The van der Waals surface area contributed by atoms with Crippen molar-refractivity contribution in [2.75, 3.05) is 11.9 Å². The molecule has 21 heavy (non-hydrogen) atoms. The molecule has 0 radical (unpaired) electrons. The number of carbonyl (C=O) groups excluding carboxylic acids is 1. The van der Waals surface area contributed by atoms with Gasteiger partial charge in [-0.25, -0.2) is 4.39 Å². The third-order valence-electron chi connectivity index (χ3n) is 3.87. The summed E-state index contributed by atoms with van der Waals surface area (Å²) in [7, 11) is 0. The van der Waals surface area contributed by atoms with Crippen LogP contribution in [0.3, 0.4) is 0 Å². The van der Waals surface area contributed by atoms with Gasteiger partial charge in [-0.05, 0) is 29.7 Å². The Kier molecular flexibility index (Phi) is 3.93. The molecule has 1 aliphatic heterocycles. The fourth-order valence-electron chi connectivity index (χ4n) is 2.80. The molecule has 1 atom stereocenters. The Morgan fingerprint density at radius 1 is 1.24 bits per heavy atom. The number of fused-ring (bicyclic) bond motifs is 1. The highest BCUT2D eigenvalue weighted by atomic mass is 35.5. The third-order valence-corrected chi connectivity index (χ3v) is 4.16. The van der Waals surface area contributed by atoms with E-state index in [1.807, 2.05) is 24.3 Å². The lowest BCUT2D eigenvalue weighted by molar-refractivity contribution is -0.120. The Labute approximate surface area is 127 Å². The number of rotatable bonds is 3.